The third-order valence-corrected chi connectivity index (χ3v) is 3.57. The molecule has 88 valence electrons. The second-order valence-electron chi connectivity index (χ2n) is 3.90. The van der Waals surface area contributed by atoms with Crippen LogP contribution in [0.2, 0.25) is 0 Å². The van der Waals surface area contributed by atoms with Crippen LogP contribution in [0.3, 0.4) is 0 Å². The largest absolute Gasteiger partial charge is 0.619 e. The smallest absolute Gasteiger partial charge is 0.180 e. The van der Waals surface area contributed by atoms with Crippen molar-refractivity contribution in [3.8, 4) is 0 Å². The lowest BCUT2D eigenvalue weighted by Crippen LogP contribution is -2.23. The Balaban J connectivity index is 1.94. The van der Waals surface area contributed by atoms with Crippen LogP contribution in [0.1, 0.15) is 26.5 Å². The molecule has 0 N–H and O–H groups in total. The van der Waals surface area contributed by atoms with Crippen LogP contribution in [-0.4, -0.2) is 5.78 Å². The van der Waals surface area contributed by atoms with E-state index < -0.39 is 0 Å². The summed E-state index contributed by atoms with van der Waals surface area (Å²) in [5.74, 6) is 0.168. The molecule has 17 heavy (non-hydrogen) atoms. The lowest BCUT2D eigenvalue weighted by atomic mass is 10.1. The number of Topliss-reactive ketones (excluding diaryl/α,β-unsaturated/α-hetero) is 1. The van der Waals surface area contributed by atoms with Crippen molar-refractivity contribution in [1.82, 2.24) is 0 Å². The Bertz CT molecular complexity index is 516. The van der Waals surface area contributed by atoms with Crippen LogP contribution in [0, 0.1) is 12.1 Å². The van der Waals surface area contributed by atoms with Gasteiger partial charge in [-0.3, -0.25) is 4.79 Å². The van der Waals surface area contributed by atoms with Crippen LogP contribution in [0.25, 0.3) is 0 Å². The molecule has 0 saturated heterocycles. The zero-order valence-corrected chi connectivity index (χ0v) is 10.4. The number of rotatable bonds is 4. The fourth-order valence-electron chi connectivity index (χ4n) is 1.58. The highest BCUT2D eigenvalue weighted by Crippen LogP contribution is 2.17. The molecule has 2 heterocycles. The number of nitrogens with zero attached hydrogens (tertiary/aromatic N) is 1. The number of ketones is 1. The average Bonchev–Trinajstić information content (AvgIpc) is 2.75. The summed E-state index contributed by atoms with van der Waals surface area (Å²) in [5.41, 5.74) is 1.01. The molecule has 2 aromatic heterocycles. The highest BCUT2D eigenvalue weighted by atomic mass is 32.1. The topological polar surface area (TPSA) is 44.0 Å². The molecule has 0 amide bonds. The van der Waals surface area contributed by atoms with Gasteiger partial charge in [0, 0.05) is 23.4 Å². The van der Waals surface area contributed by atoms with Crippen molar-refractivity contribution in [2.24, 2.45) is 0 Å². The van der Waals surface area contributed by atoms with E-state index in [2.05, 4.69) is 0 Å². The number of thiophene rings is 1. The van der Waals surface area contributed by atoms with Crippen LogP contribution < -0.4 is 4.73 Å². The molecule has 0 aromatic carbocycles. The maximum absolute atomic E-state index is 11.8. The zero-order chi connectivity index (χ0) is 12.3. The van der Waals surface area contributed by atoms with E-state index in [0.717, 1.165) is 20.0 Å². The molecule has 0 atom stereocenters. The molecule has 0 aliphatic carbocycles. The second-order valence-corrected chi connectivity index (χ2v) is 5.19. The van der Waals surface area contributed by atoms with E-state index in [1.54, 1.807) is 12.1 Å². The number of carbonyl (C=O) groups excluding carboxylic acids is 1. The fraction of sp³-hybridized carbons (Fsp3) is 0.231. The van der Waals surface area contributed by atoms with E-state index in [4.69, 9.17) is 0 Å². The third kappa shape index (κ3) is 3.14. The molecular formula is C13H13NO2S. The Kier molecular flexibility index (Phi) is 3.54. The van der Waals surface area contributed by atoms with Gasteiger partial charge in [-0.05, 0) is 31.0 Å². The summed E-state index contributed by atoms with van der Waals surface area (Å²) < 4.78 is 0.744. The van der Waals surface area contributed by atoms with Gasteiger partial charge < -0.3 is 5.21 Å². The average molecular weight is 247 g/mol. The molecule has 0 aliphatic heterocycles. The maximum Gasteiger partial charge on any atom is 0.180 e. The van der Waals surface area contributed by atoms with Crippen LogP contribution >= 0.6 is 11.3 Å². The van der Waals surface area contributed by atoms with E-state index >= 15 is 0 Å². The van der Waals surface area contributed by atoms with Gasteiger partial charge in [-0.2, -0.15) is 4.73 Å². The van der Waals surface area contributed by atoms with Gasteiger partial charge >= 0.3 is 0 Å². The van der Waals surface area contributed by atoms with Gasteiger partial charge in [-0.1, -0.05) is 0 Å². The maximum atomic E-state index is 11.8. The van der Waals surface area contributed by atoms with Gasteiger partial charge in [0.2, 0.25) is 0 Å². The lowest BCUT2D eigenvalue weighted by molar-refractivity contribution is -0.605. The molecule has 3 nitrogen and oxygen atoms in total. The number of aromatic nitrogens is 1. The third-order valence-electron chi connectivity index (χ3n) is 2.53. The first-order valence-electron chi connectivity index (χ1n) is 5.42. The predicted octanol–water partition coefficient (Wildman–Crippen LogP) is 2.51. The lowest BCUT2D eigenvalue weighted by Gasteiger charge is -2.00. The van der Waals surface area contributed by atoms with E-state index in [0.29, 0.717) is 12.8 Å². The Hall–Kier alpha value is -1.68. The van der Waals surface area contributed by atoms with E-state index in [1.165, 1.54) is 23.7 Å². The summed E-state index contributed by atoms with van der Waals surface area (Å²) in [6.45, 7) is 1.99. The zero-order valence-electron chi connectivity index (χ0n) is 9.55. The minimum absolute atomic E-state index is 0.168. The summed E-state index contributed by atoms with van der Waals surface area (Å²) in [4.78, 5) is 13.8. The van der Waals surface area contributed by atoms with E-state index in [1.807, 2.05) is 19.1 Å². The van der Waals surface area contributed by atoms with Crippen molar-refractivity contribution in [2.75, 3.05) is 0 Å². The molecule has 2 rings (SSSR count). The highest BCUT2D eigenvalue weighted by molar-refractivity contribution is 7.14. The predicted molar refractivity (Wildman–Crippen MR) is 67.1 cm³/mol. The summed E-state index contributed by atoms with van der Waals surface area (Å²) in [7, 11) is 0. The van der Waals surface area contributed by atoms with Gasteiger partial charge in [0.05, 0.1) is 4.88 Å². The molecule has 0 spiro atoms. The second kappa shape index (κ2) is 5.10. The molecule has 2 aromatic rings. The number of aryl methyl sites for hydroxylation is 2. The summed E-state index contributed by atoms with van der Waals surface area (Å²) in [6, 6.07) is 7.33. The minimum Gasteiger partial charge on any atom is -0.619 e. The van der Waals surface area contributed by atoms with Crippen LogP contribution in [-0.2, 0) is 6.42 Å². The Morgan fingerprint density at radius 1 is 1.29 bits per heavy atom. The fourth-order valence-corrected chi connectivity index (χ4v) is 2.41. The van der Waals surface area contributed by atoms with Crippen molar-refractivity contribution in [3.63, 3.8) is 0 Å². The van der Waals surface area contributed by atoms with Gasteiger partial charge in [-0.25, -0.2) is 0 Å². The monoisotopic (exact) mass is 247 g/mol. The van der Waals surface area contributed by atoms with Crippen LogP contribution in [0.5, 0.6) is 0 Å². The molecule has 0 saturated carbocycles. The SMILES string of the molecule is Cc1ccc(C(=O)CCc2cc[n+]([O-])cc2)s1. The Morgan fingerprint density at radius 2 is 2.00 bits per heavy atom. The summed E-state index contributed by atoms with van der Waals surface area (Å²) in [6.07, 6.45) is 4.07. The van der Waals surface area contributed by atoms with Crippen LogP contribution in [0.4, 0.5) is 0 Å². The number of carbonyl (C=O) groups is 1. The molecular weight excluding hydrogens is 234 g/mol. The van der Waals surface area contributed by atoms with Gasteiger partial charge in [0.1, 0.15) is 0 Å². The standard InChI is InChI=1S/C13H13NO2S/c1-10-2-5-13(17-10)12(15)4-3-11-6-8-14(16)9-7-11/h2,5-9H,3-4H2,1H3. The van der Waals surface area contributed by atoms with Crippen molar-refractivity contribution in [2.45, 2.75) is 19.8 Å². The number of hydrogen-bond acceptors (Lipinski definition) is 3. The van der Waals surface area contributed by atoms with Gasteiger partial charge in [0.15, 0.2) is 18.2 Å². The first-order valence-corrected chi connectivity index (χ1v) is 6.24. The molecule has 4 heteroatoms. The van der Waals surface area contributed by atoms with Gasteiger partial charge in [-0.15, -0.1) is 11.3 Å². The van der Waals surface area contributed by atoms with Crippen molar-refractivity contribution >= 4 is 17.1 Å². The van der Waals surface area contributed by atoms with E-state index in [9.17, 15) is 10.0 Å². The molecule has 0 aliphatic rings. The summed E-state index contributed by atoms with van der Waals surface area (Å²) in [5, 5.41) is 10.8. The van der Waals surface area contributed by atoms with Crippen LogP contribution in [0.15, 0.2) is 36.7 Å². The minimum atomic E-state index is 0.168. The van der Waals surface area contributed by atoms with Gasteiger partial charge in [0.25, 0.3) is 0 Å². The molecule has 0 unspecified atom stereocenters. The Morgan fingerprint density at radius 3 is 2.59 bits per heavy atom. The van der Waals surface area contributed by atoms with Crippen molar-refractivity contribution in [3.05, 3.63) is 57.2 Å². The van der Waals surface area contributed by atoms with E-state index in [-0.39, 0.29) is 5.78 Å². The first kappa shape index (κ1) is 11.8. The quantitative estimate of drug-likeness (QED) is 0.473. The molecule has 0 fully saturated rings. The number of hydrogen-bond donors (Lipinski definition) is 0. The Labute approximate surface area is 104 Å². The van der Waals surface area contributed by atoms with Crippen molar-refractivity contribution in [1.29, 1.82) is 0 Å². The molecule has 0 bridgehead atoms. The normalized spacial score (nSPS) is 10.4. The molecule has 0 radical (unpaired) electrons. The van der Waals surface area contributed by atoms with Crippen molar-refractivity contribution < 1.29 is 9.52 Å². The number of pyridine rings is 1. The summed E-state index contributed by atoms with van der Waals surface area (Å²) >= 11 is 1.53. The highest BCUT2D eigenvalue weighted by Gasteiger charge is 2.08. The first-order chi connectivity index (χ1) is 8.15.